The normalized spacial score (nSPS) is 10.7. The fraction of sp³-hybridized carbons (Fsp3) is 0.364. The third kappa shape index (κ3) is 3.56. The van der Waals surface area contributed by atoms with Gasteiger partial charge in [0.1, 0.15) is 0 Å². The Balaban J connectivity index is 2.98. The first kappa shape index (κ1) is 14.2. The predicted molar refractivity (Wildman–Crippen MR) is 63.1 cm³/mol. The summed E-state index contributed by atoms with van der Waals surface area (Å²) in [7, 11) is 0. The van der Waals surface area contributed by atoms with Crippen LogP contribution in [-0.4, -0.2) is 42.3 Å². The lowest BCUT2D eigenvalue weighted by Crippen LogP contribution is -2.31. The number of aromatic carboxylic acids is 1. The van der Waals surface area contributed by atoms with E-state index in [1.54, 1.807) is 0 Å². The molecule has 0 bridgehead atoms. The maximum atomic E-state index is 12.4. The smallest absolute Gasteiger partial charge is 0.337 e. The van der Waals surface area contributed by atoms with Crippen LogP contribution in [0.3, 0.4) is 0 Å². The van der Waals surface area contributed by atoms with Gasteiger partial charge in [-0.25, -0.2) is 13.6 Å². The van der Waals surface area contributed by atoms with Crippen LogP contribution in [0.25, 0.3) is 0 Å². The number of aliphatic hydroxyl groups is 1. The first-order valence-corrected chi connectivity index (χ1v) is 5.22. The van der Waals surface area contributed by atoms with Crippen molar-refractivity contribution in [2.45, 2.75) is 6.43 Å². The van der Waals surface area contributed by atoms with Crippen LogP contribution >= 0.6 is 0 Å². The molecule has 0 fully saturated rings. The Labute approximate surface area is 102 Å². The number of aliphatic hydroxyl groups excluding tert-OH is 1. The number of carbonyl (C=O) groups is 1. The molecule has 100 valence electrons. The van der Waals surface area contributed by atoms with Gasteiger partial charge in [-0.3, -0.25) is 0 Å². The SMILES string of the molecule is Nc1cc(N(CCO)CC(F)F)ccc1C(=O)O. The highest BCUT2D eigenvalue weighted by atomic mass is 19.3. The Morgan fingerprint density at radius 2 is 2.11 bits per heavy atom. The summed E-state index contributed by atoms with van der Waals surface area (Å²) in [4.78, 5) is 12.0. The van der Waals surface area contributed by atoms with Crippen LogP contribution in [0.1, 0.15) is 10.4 Å². The van der Waals surface area contributed by atoms with Gasteiger partial charge in [-0.15, -0.1) is 0 Å². The van der Waals surface area contributed by atoms with E-state index in [1.807, 2.05) is 0 Å². The fourth-order valence-electron chi connectivity index (χ4n) is 1.55. The van der Waals surface area contributed by atoms with E-state index in [1.165, 1.54) is 23.1 Å². The van der Waals surface area contributed by atoms with E-state index in [4.69, 9.17) is 15.9 Å². The summed E-state index contributed by atoms with van der Waals surface area (Å²) in [6.07, 6.45) is -2.56. The molecule has 1 aromatic rings. The number of carboxylic acid groups (broad SMARTS) is 1. The summed E-state index contributed by atoms with van der Waals surface area (Å²) in [5, 5.41) is 17.6. The van der Waals surface area contributed by atoms with Crippen LogP contribution in [0.15, 0.2) is 18.2 Å². The molecule has 5 nitrogen and oxygen atoms in total. The molecule has 0 atom stereocenters. The molecule has 1 aromatic carbocycles. The number of anilines is 2. The second-order valence-electron chi connectivity index (χ2n) is 3.64. The summed E-state index contributed by atoms with van der Waals surface area (Å²) >= 11 is 0. The topological polar surface area (TPSA) is 86.8 Å². The number of benzene rings is 1. The van der Waals surface area contributed by atoms with Crippen molar-refractivity contribution in [3.63, 3.8) is 0 Å². The Morgan fingerprint density at radius 1 is 1.44 bits per heavy atom. The number of nitrogens with two attached hydrogens (primary N) is 1. The third-order valence-corrected chi connectivity index (χ3v) is 2.36. The molecule has 4 N–H and O–H groups in total. The number of alkyl halides is 2. The second kappa shape index (κ2) is 6.15. The lowest BCUT2D eigenvalue weighted by molar-refractivity contribution is 0.0698. The van der Waals surface area contributed by atoms with Gasteiger partial charge in [-0.05, 0) is 18.2 Å². The average molecular weight is 260 g/mol. The highest BCUT2D eigenvalue weighted by molar-refractivity contribution is 5.94. The standard InChI is InChI=1S/C11H14F2N2O3/c12-10(13)6-15(3-4-16)7-1-2-8(11(17)18)9(14)5-7/h1-2,5,10,16H,3-4,6,14H2,(H,17,18). The maximum Gasteiger partial charge on any atom is 0.337 e. The summed E-state index contributed by atoms with van der Waals surface area (Å²) < 4.78 is 24.7. The van der Waals surface area contributed by atoms with Crippen molar-refractivity contribution in [1.82, 2.24) is 0 Å². The quantitative estimate of drug-likeness (QED) is 0.665. The molecular weight excluding hydrogens is 246 g/mol. The van der Waals surface area contributed by atoms with Gasteiger partial charge in [0.2, 0.25) is 0 Å². The lowest BCUT2D eigenvalue weighted by Gasteiger charge is -2.24. The zero-order valence-corrected chi connectivity index (χ0v) is 9.51. The Morgan fingerprint density at radius 3 is 2.56 bits per heavy atom. The average Bonchev–Trinajstić information content (AvgIpc) is 2.27. The number of rotatable bonds is 6. The van der Waals surface area contributed by atoms with Crippen LogP contribution in [0.4, 0.5) is 20.2 Å². The Kier molecular flexibility index (Phi) is 4.85. The fourth-order valence-corrected chi connectivity index (χ4v) is 1.55. The first-order chi connectivity index (χ1) is 8.45. The molecule has 0 amide bonds. The van der Waals surface area contributed by atoms with Crippen LogP contribution in [-0.2, 0) is 0 Å². The van der Waals surface area contributed by atoms with Gasteiger partial charge < -0.3 is 20.8 Å². The van der Waals surface area contributed by atoms with Crippen molar-refractivity contribution in [2.24, 2.45) is 0 Å². The molecular formula is C11H14F2N2O3. The van der Waals surface area contributed by atoms with E-state index < -0.39 is 18.9 Å². The second-order valence-corrected chi connectivity index (χ2v) is 3.64. The van der Waals surface area contributed by atoms with Crippen LogP contribution in [0.2, 0.25) is 0 Å². The van der Waals surface area contributed by atoms with E-state index in [2.05, 4.69) is 0 Å². The van der Waals surface area contributed by atoms with Crippen molar-refractivity contribution in [1.29, 1.82) is 0 Å². The number of halogens is 2. The van der Waals surface area contributed by atoms with Crippen LogP contribution in [0.5, 0.6) is 0 Å². The number of nitrogen functional groups attached to an aromatic ring is 1. The molecule has 0 saturated carbocycles. The molecule has 0 saturated heterocycles. The van der Waals surface area contributed by atoms with E-state index in [9.17, 15) is 13.6 Å². The zero-order valence-electron chi connectivity index (χ0n) is 9.51. The van der Waals surface area contributed by atoms with E-state index in [0.717, 1.165) is 0 Å². The van der Waals surface area contributed by atoms with Gasteiger partial charge in [-0.1, -0.05) is 0 Å². The summed E-state index contributed by atoms with van der Waals surface area (Å²) in [5.74, 6) is -1.18. The zero-order chi connectivity index (χ0) is 13.7. The van der Waals surface area contributed by atoms with Crippen LogP contribution < -0.4 is 10.6 Å². The van der Waals surface area contributed by atoms with Gasteiger partial charge in [0.15, 0.2) is 0 Å². The predicted octanol–water partition coefficient (Wildman–Crippen LogP) is 1.03. The molecule has 0 spiro atoms. The minimum atomic E-state index is -2.56. The number of nitrogens with zero attached hydrogens (tertiary/aromatic N) is 1. The van der Waals surface area contributed by atoms with E-state index >= 15 is 0 Å². The maximum absolute atomic E-state index is 12.4. The number of hydrogen-bond donors (Lipinski definition) is 3. The van der Waals surface area contributed by atoms with Gasteiger partial charge in [-0.2, -0.15) is 0 Å². The van der Waals surface area contributed by atoms with E-state index in [0.29, 0.717) is 5.69 Å². The highest BCUT2D eigenvalue weighted by Crippen LogP contribution is 2.22. The molecule has 0 aromatic heterocycles. The van der Waals surface area contributed by atoms with Gasteiger partial charge in [0.05, 0.1) is 18.7 Å². The minimum Gasteiger partial charge on any atom is -0.478 e. The summed E-state index contributed by atoms with van der Waals surface area (Å²) in [5.41, 5.74) is 5.80. The summed E-state index contributed by atoms with van der Waals surface area (Å²) in [6.45, 7) is -0.810. The van der Waals surface area contributed by atoms with Crippen molar-refractivity contribution >= 4 is 17.3 Å². The molecule has 0 unspecified atom stereocenters. The van der Waals surface area contributed by atoms with Gasteiger partial charge >= 0.3 is 5.97 Å². The Bertz CT molecular complexity index is 427. The minimum absolute atomic E-state index is 0.00259. The van der Waals surface area contributed by atoms with Crippen molar-refractivity contribution in [2.75, 3.05) is 30.3 Å². The molecule has 7 heteroatoms. The van der Waals surface area contributed by atoms with Gasteiger partial charge in [0, 0.05) is 17.9 Å². The van der Waals surface area contributed by atoms with Crippen molar-refractivity contribution in [3.8, 4) is 0 Å². The summed E-state index contributed by atoms with van der Waals surface area (Å²) in [6, 6.07) is 3.95. The molecule has 0 aliphatic rings. The van der Waals surface area contributed by atoms with Crippen molar-refractivity contribution in [3.05, 3.63) is 23.8 Å². The molecule has 0 aliphatic carbocycles. The largest absolute Gasteiger partial charge is 0.478 e. The lowest BCUT2D eigenvalue weighted by atomic mass is 10.1. The first-order valence-electron chi connectivity index (χ1n) is 5.22. The molecule has 0 radical (unpaired) electrons. The number of hydrogen-bond acceptors (Lipinski definition) is 4. The molecule has 0 heterocycles. The van der Waals surface area contributed by atoms with Gasteiger partial charge in [0.25, 0.3) is 6.43 Å². The van der Waals surface area contributed by atoms with Crippen molar-refractivity contribution < 1.29 is 23.8 Å². The molecule has 1 rings (SSSR count). The Hall–Kier alpha value is -1.89. The van der Waals surface area contributed by atoms with E-state index in [-0.39, 0.29) is 24.4 Å². The highest BCUT2D eigenvalue weighted by Gasteiger charge is 2.15. The number of carboxylic acids is 1. The monoisotopic (exact) mass is 260 g/mol. The third-order valence-electron chi connectivity index (χ3n) is 2.36. The van der Waals surface area contributed by atoms with Crippen LogP contribution in [0, 0.1) is 0 Å². The molecule has 0 aliphatic heterocycles. The molecule has 18 heavy (non-hydrogen) atoms.